The molecule has 0 bridgehead atoms. The van der Waals surface area contributed by atoms with Gasteiger partial charge in [-0.2, -0.15) is 9.97 Å². The number of carbonyl (C=O) groups excluding carboxylic acids is 1. The lowest BCUT2D eigenvalue weighted by Gasteiger charge is -2.42. The molecule has 5 atom stereocenters. The van der Waals surface area contributed by atoms with Crippen LogP contribution in [-0.4, -0.2) is 101 Å². The van der Waals surface area contributed by atoms with Crippen molar-refractivity contribution in [3.05, 3.63) is 77.5 Å². The van der Waals surface area contributed by atoms with E-state index in [0.29, 0.717) is 51.0 Å². The molecule has 5 heterocycles. The second kappa shape index (κ2) is 14.1. The molecule has 2 aromatic heterocycles. The van der Waals surface area contributed by atoms with Crippen LogP contribution in [0.2, 0.25) is 0 Å². The van der Waals surface area contributed by atoms with Crippen LogP contribution in [-0.2, 0) is 24.1 Å². The Hall–Kier alpha value is -4.76. The van der Waals surface area contributed by atoms with Gasteiger partial charge in [0.15, 0.2) is 0 Å². The summed E-state index contributed by atoms with van der Waals surface area (Å²) in [4.78, 5) is 34.7. The summed E-state index contributed by atoms with van der Waals surface area (Å²) in [6.45, 7) is 7.66. The molecule has 51 heavy (non-hydrogen) atoms. The molecule has 1 N–H and O–H groups in total. The van der Waals surface area contributed by atoms with Gasteiger partial charge in [-0.1, -0.05) is 18.6 Å². The number of nitrogens with zero attached hydrogens (tertiary/aromatic N) is 7. The van der Waals surface area contributed by atoms with E-state index in [0.717, 1.165) is 41.2 Å². The molecule has 3 aliphatic heterocycles. The number of benzene rings is 1. The van der Waals surface area contributed by atoms with E-state index in [4.69, 9.17) is 21.1 Å². The van der Waals surface area contributed by atoms with E-state index < -0.39 is 23.6 Å². The highest BCUT2D eigenvalue weighted by Crippen LogP contribution is 2.40. The van der Waals surface area contributed by atoms with Gasteiger partial charge < -0.3 is 29.4 Å². The topological polar surface area (TPSA) is 98.2 Å². The molecule has 4 aliphatic rings. The second-order valence-electron chi connectivity index (χ2n) is 14.6. The van der Waals surface area contributed by atoms with Crippen LogP contribution in [0.5, 0.6) is 6.01 Å². The van der Waals surface area contributed by atoms with E-state index in [9.17, 15) is 18.7 Å². The Labute approximate surface area is 298 Å². The van der Waals surface area contributed by atoms with Gasteiger partial charge in [0, 0.05) is 88.2 Å². The third kappa shape index (κ3) is 6.71. The second-order valence-corrected chi connectivity index (χ2v) is 14.6. The molecular weight excluding hydrogens is 652 g/mol. The number of fused-ring (bicyclic) bond motifs is 2. The number of likely N-dealkylation sites (N-methyl/N-ethyl adjacent to an activating group) is 1. The summed E-state index contributed by atoms with van der Waals surface area (Å²) < 4.78 is 36.4. The normalized spacial score (nSPS) is 25.6. The molecule has 1 amide bonds. The van der Waals surface area contributed by atoms with Gasteiger partial charge in [0.2, 0.25) is 5.91 Å². The van der Waals surface area contributed by atoms with E-state index in [-0.39, 0.29) is 49.1 Å². The summed E-state index contributed by atoms with van der Waals surface area (Å²) in [5.41, 5.74) is 3.70. The Kier molecular flexibility index (Phi) is 9.59. The Morgan fingerprint density at radius 3 is 2.78 bits per heavy atom. The number of aliphatic hydroxyl groups is 1. The molecule has 1 aromatic carbocycles. The first kappa shape index (κ1) is 34.7. The number of β-amino-alcohol motifs (C(OH)–C–C–N with tert-alkyl or cyclic N) is 1. The quantitative estimate of drug-likeness (QED) is 0.260. The number of aliphatic hydroxyl groups excluding tert-OH is 1. The van der Waals surface area contributed by atoms with Crippen molar-refractivity contribution in [3.63, 3.8) is 0 Å². The molecule has 12 heteroatoms. The maximum absolute atomic E-state index is 15.0. The van der Waals surface area contributed by atoms with Crippen molar-refractivity contribution in [2.24, 2.45) is 0 Å². The summed E-state index contributed by atoms with van der Waals surface area (Å²) in [6.07, 6.45) is 13.3. The molecule has 0 unspecified atom stereocenters. The maximum Gasteiger partial charge on any atom is 0.318 e. The van der Waals surface area contributed by atoms with Gasteiger partial charge in [0.05, 0.1) is 28.6 Å². The van der Waals surface area contributed by atoms with Gasteiger partial charge in [0.1, 0.15) is 24.4 Å². The van der Waals surface area contributed by atoms with Crippen LogP contribution < -0.4 is 19.4 Å². The molecular formula is C39H45F2N7O3. The minimum absolute atomic E-state index is 0.00282. The zero-order chi connectivity index (χ0) is 35.9. The summed E-state index contributed by atoms with van der Waals surface area (Å²) in [7, 11) is 1.98. The number of pyridine rings is 1. The highest BCUT2D eigenvalue weighted by Gasteiger charge is 2.44. The third-order valence-corrected chi connectivity index (χ3v) is 11.0. The predicted octanol–water partition coefficient (Wildman–Crippen LogP) is 4.27. The fraction of sp³-hybridized carbons (Fsp3) is 0.487. The van der Waals surface area contributed by atoms with Crippen molar-refractivity contribution in [2.75, 3.05) is 54.5 Å². The lowest BCUT2D eigenvalue weighted by atomic mass is 9.87. The van der Waals surface area contributed by atoms with Gasteiger partial charge in [-0.3, -0.25) is 9.78 Å². The van der Waals surface area contributed by atoms with E-state index in [1.165, 1.54) is 12.1 Å². The van der Waals surface area contributed by atoms with Crippen LogP contribution in [0.3, 0.4) is 0 Å². The number of anilines is 3. The molecule has 7 rings (SSSR count). The number of halogens is 2. The number of ether oxygens (including phenoxy) is 1. The lowest BCUT2D eigenvalue weighted by molar-refractivity contribution is -0.126. The van der Waals surface area contributed by atoms with Crippen LogP contribution >= 0.6 is 0 Å². The number of hydrogen-bond acceptors (Lipinski definition) is 9. The van der Waals surface area contributed by atoms with Crippen molar-refractivity contribution in [3.8, 4) is 18.4 Å². The van der Waals surface area contributed by atoms with E-state index in [1.807, 2.05) is 35.9 Å². The minimum Gasteiger partial charge on any atom is -0.461 e. The SMILES string of the molecule is C#Cc1c(F)ccc2c1N([C@H]1CCc3c(nc(OC[C@]4(C)C[C@@H](F)CN4c4ccncc4)nc3N(C)C[C@@H]3CCCN3C(=O)C=C)C1)C[C@H](O)C2. The Morgan fingerprint density at radius 2 is 2.02 bits per heavy atom. The summed E-state index contributed by atoms with van der Waals surface area (Å²) in [5, 5.41) is 10.9. The van der Waals surface area contributed by atoms with Gasteiger partial charge in [0.25, 0.3) is 0 Å². The number of alkyl halides is 1. The predicted molar refractivity (Wildman–Crippen MR) is 192 cm³/mol. The average molecular weight is 698 g/mol. The van der Waals surface area contributed by atoms with Gasteiger partial charge in [-0.15, -0.1) is 6.42 Å². The largest absolute Gasteiger partial charge is 0.461 e. The van der Waals surface area contributed by atoms with E-state index in [1.54, 1.807) is 18.5 Å². The number of hydrogen-bond donors (Lipinski definition) is 1. The van der Waals surface area contributed by atoms with Crippen LogP contribution in [0.25, 0.3) is 0 Å². The summed E-state index contributed by atoms with van der Waals surface area (Å²) >= 11 is 0. The number of terminal acetylenes is 1. The minimum atomic E-state index is -1.02. The first-order valence-electron chi connectivity index (χ1n) is 17.8. The van der Waals surface area contributed by atoms with Crippen molar-refractivity contribution < 1.29 is 23.4 Å². The summed E-state index contributed by atoms with van der Waals surface area (Å²) in [6, 6.07) is 6.91. The van der Waals surface area contributed by atoms with Crippen LogP contribution in [0, 0.1) is 18.2 Å². The monoisotopic (exact) mass is 697 g/mol. The maximum atomic E-state index is 15.0. The van der Waals surface area contributed by atoms with Gasteiger partial charge >= 0.3 is 6.01 Å². The Balaban J connectivity index is 1.21. The smallest absolute Gasteiger partial charge is 0.318 e. The molecule has 3 aromatic rings. The first-order chi connectivity index (χ1) is 24.6. The molecule has 0 spiro atoms. The van der Waals surface area contributed by atoms with Crippen molar-refractivity contribution >= 4 is 23.1 Å². The fourth-order valence-electron chi connectivity index (χ4n) is 8.61. The third-order valence-electron chi connectivity index (χ3n) is 11.0. The Bertz CT molecular complexity index is 1840. The first-order valence-corrected chi connectivity index (χ1v) is 17.8. The van der Waals surface area contributed by atoms with Crippen molar-refractivity contribution in [2.45, 2.75) is 81.8 Å². The highest BCUT2D eigenvalue weighted by molar-refractivity contribution is 5.87. The molecule has 268 valence electrons. The molecule has 0 radical (unpaired) electrons. The van der Waals surface area contributed by atoms with Crippen LogP contribution in [0.4, 0.5) is 26.0 Å². The molecule has 2 saturated heterocycles. The molecule has 1 aliphatic carbocycles. The van der Waals surface area contributed by atoms with Crippen LogP contribution in [0.1, 0.15) is 55.0 Å². The molecule has 2 fully saturated rings. The number of rotatable bonds is 9. The molecule has 10 nitrogen and oxygen atoms in total. The van der Waals surface area contributed by atoms with E-state index >= 15 is 0 Å². The number of likely N-dealkylation sites (tertiary alicyclic amines) is 1. The molecule has 0 saturated carbocycles. The number of carbonyl (C=O) groups is 1. The standard InChI is InChI=1S/C39H45F2N7O3/c1-5-31-33(41)12-9-25-18-30(49)23-47(36(25)31)28-10-11-32-34(19-28)43-38(44-37(32)45(4)22-29-8-7-17-46(29)35(50)6-2)51-24-39(3)20-26(40)21-48(39)27-13-15-42-16-14-27/h1,6,9,12-16,26,28-30,49H,2,7-8,10-11,17-24H2,3-4H3/t26-,28+,29+,30-,39+/m1/s1. The van der Waals surface area contributed by atoms with Crippen molar-refractivity contribution in [1.82, 2.24) is 19.9 Å². The summed E-state index contributed by atoms with van der Waals surface area (Å²) in [5.74, 6) is 2.75. The van der Waals surface area contributed by atoms with Crippen LogP contribution in [0.15, 0.2) is 49.3 Å². The average Bonchev–Trinajstić information content (AvgIpc) is 3.72. The number of amides is 1. The van der Waals surface area contributed by atoms with Gasteiger partial charge in [-0.05, 0) is 62.4 Å². The fourth-order valence-corrected chi connectivity index (χ4v) is 8.61. The zero-order valence-electron chi connectivity index (χ0n) is 29.3. The Morgan fingerprint density at radius 1 is 1.22 bits per heavy atom. The lowest BCUT2D eigenvalue weighted by Crippen LogP contribution is -2.48. The number of aromatic nitrogens is 3. The van der Waals surface area contributed by atoms with E-state index in [2.05, 4.69) is 27.3 Å². The van der Waals surface area contributed by atoms with Crippen molar-refractivity contribution in [1.29, 1.82) is 0 Å². The highest BCUT2D eigenvalue weighted by atomic mass is 19.1. The zero-order valence-corrected chi connectivity index (χ0v) is 29.3. The van der Waals surface area contributed by atoms with Gasteiger partial charge in [-0.25, -0.2) is 8.78 Å².